The number of rotatable bonds is 9. The molecule has 0 aromatic heterocycles. The largest absolute Gasteiger partial charge is 0.431 e. The Morgan fingerprint density at radius 1 is 1.15 bits per heavy atom. The first-order valence-electron chi connectivity index (χ1n) is 7.54. The third kappa shape index (κ3) is 6.71. The van der Waals surface area contributed by atoms with Crippen LogP contribution in [0.3, 0.4) is 0 Å². The lowest BCUT2D eigenvalue weighted by Gasteiger charge is -2.19. The van der Waals surface area contributed by atoms with Crippen LogP contribution < -0.4 is 4.83 Å². The summed E-state index contributed by atoms with van der Waals surface area (Å²) in [5, 5.41) is 2.94. The molecule has 1 N–H and O–H groups in total. The number of nitrogens with zero attached hydrogens (tertiary/aromatic N) is 1. The molecule has 0 saturated carbocycles. The zero-order valence-corrected chi connectivity index (χ0v) is 16.1. The minimum absolute atomic E-state index is 0.141. The SMILES string of the molecule is CCOP(=O)(C/C(=N/NS(=O)(=O)c1ccc(C)cc1)C(F)(F)F)OCC. The van der Waals surface area contributed by atoms with E-state index in [1.54, 1.807) is 6.92 Å². The summed E-state index contributed by atoms with van der Waals surface area (Å²) < 4.78 is 85.5. The first-order chi connectivity index (χ1) is 11.9. The predicted molar refractivity (Wildman–Crippen MR) is 90.7 cm³/mol. The van der Waals surface area contributed by atoms with Crippen molar-refractivity contribution >= 4 is 23.3 Å². The van der Waals surface area contributed by atoms with Crippen molar-refractivity contribution in [1.29, 1.82) is 0 Å². The molecule has 7 nitrogen and oxygen atoms in total. The molecule has 0 aliphatic rings. The van der Waals surface area contributed by atoms with Crippen LogP contribution in [0.1, 0.15) is 19.4 Å². The molecule has 0 aliphatic heterocycles. The molecule has 0 fully saturated rings. The van der Waals surface area contributed by atoms with E-state index in [9.17, 15) is 26.2 Å². The van der Waals surface area contributed by atoms with Gasteiger partial charge in [-0.05, 0) is 32.9 Å². The summed E-state index contributed by atoms with van der Waals surface area (Å²) in [5.74, 6) is 0. The van der Waals surface area contributed by atoms with E-state index < -0.39 is 35.7 Å². The maximum Gasteiger partial charge on any atom is 0.431 e. The van der Waals surface area contributed by atoms with Gasteiger partial charge in [-0.2, -0.15) is 31.5 Å². The van der Waals surface area contributed by atoms with E-state index in [-0.39, 0.29) is 18.1 Å². The molecule has 0 bridgehead atoms. The Labute approximate surface area is 150 Å². The molecule has 26 heavy (non-hydrogen) atoms. The Bertz CT molecular complexity index is 769. The second-order valence-electron chi connectivity index (χ2n) is 5.07. The van der Waals surface area contributed by atoms with E-state index in [0.29, 0.717) is 0 Å². The van der Waals surface area contributed by atoms with Crippen molar-refractivity contribution in [2.24, 2.45) is 5.10 Å². The van der Waals surface area contributed by atoms with Crippen molar-refractivity contribution in [2.45, 2.75) is 31.8 Å². The Balaban J connectivity index is 3.13. The van der Waals surface area contributed by atoms with Crippen LogP contribution in [0, 0.1) is 6.92 Å². The van der Waals surface area contributed by atoms with Gasteiger partial charge < -0.3 is 9.05 Å². The molecule has 148 valence electrons. The standard InChI is InChI=1S/C14H20F3N2O5PS/c1-4-23-25(20,24-5-2)10-13(14(15,16)17)18-19-26(21,22)12-8-6-11(3)7-9-12/h6-9,19H,4-5,10H2,1-3H3/b18-13-. The van der Waals surface area contributed by atoms with Crippen LogP contribution in [0.4, 0.5) is 13.2 Å². The van der Waals surface area contributed by atoms with Gasteiger partial charge in [-0.15, -0.1) is 0 Å². The van der Waals surface area contributed by atoms with Crippen LogP contribution in [0.15, 0.2) is 34.3 Å². The van der Waals surface area contributed by atoms with Crippen molar-refractivity contribution in [1.82, 2.24) is 4.83 Å². The van der Waals surface area contributed by atoms with Gasteiger partial charge in [-0.25, -0.2) is 0 Å². The second-order valence-corrected chi connectivity index (χ2v) is 8.78. The molecule has 0 aliphatic carbocycles. The van der Waals surface area contributed by atoms with Gasteiger partial charge in [0.25, 0.3) is 10.0 Å². The molecule has 0 amide bonds. The van der Waals surface area contributed by atoms with Gasteiger partial charge in [-0.3, -0.25) is 4.57 Å². The third-order valence-corrected chi connectivity index (χ3v) is 6.17. The zero-order valence-electron chi connectivity index (χ0n) is 14.4. The summed E-state index contributed by atoms with van der Waals surface area (Å²) in [6.07, 6.45) is -6.24. The van der Waals surface area contributed by atoms with Crippen molar-refractivity contribution in [3.05, 3.63) is 29.8 Å². The fourth-order valence-corrected chi connectivity index (χ4v) is 4.27. The fraction of sp³-hybridized carbons (Fsp3) is 0.500. The highest BCUT2D eigenvalue weighted by Crippen LogP contribution is 2.49. The molecule has 0 heterocycles. The quantitative estimate of drug-likeness (QED) is 0.378. The normalized spacial score (nSPS) is 13.7. The van der Waals surface area contributed by atoms with Crippen LogP contribution in [-0.2, 0) is 23.6 Å². The van der Waals surface area contributed by atoms with Crippen molar-refractivity contribution in [3.8, 4) is 0 Å². The monoisotopic (exact) mass is 416 g/mol. The number of hydrazone groups is 1. The number of hydrogen-bond acceptors (Lipinski definition) is 6. The highest BCUT2D eigenvalue weighted by Gasteiger charge is 2.42. The van der Waals surface area contributed by atoms with Gasteiger partial charge in [0.15, 0.2) is 5.71 Å². The average molecular weight is 416 g/mol. The van der Waals surface area contributed by atoms with Gasteiger partial charge in [0, 0.05) is 0 Å². The average Bonchev–Trinajstić information content (AvgIpc) is 2.51. The molecule has 1 rings (SSSR count). The Morgan fingerprint density at radius 3 is 2.08 bits per heavy atom. The number of sulfonamides is 1. The zero-order chi connectivity index (χ0) is 20.0. The molecule has 0 radical (unpaired) electrons. The van der Waals surface area contributed by atoms with Crippen LogP contribution >= 0.6 is 7.60 Å². The lowest BCUT2D eigenvalue weighted by molar-refractivity contribution is -0.0596. The summed E-state index contributed by atoms with van der Waals surface area (Å²) in [6.45, 7) is 4.32. The molecule has 0 saturated heterocycles. The van der Waals surface area contributed by atoms with Gasteiger partial charge in [0.05, 0.1) is 24.3 Å². The molecule has 12 heteroatoms. The Hall–Kier alpha value is -1.42. The summed E-state index contributed by atoms with van der Waals surface area (Å²) in [5.41, 5.74) is -0.837. The van der Waals surface area contributed by atoms with Crippen molar-refractivity contribution in [3.63, 3.8) is 0 Å². The maximum atomic E-state index is 13.2. The lowest BCUT2D eigenvalue weighted by atomic mass is 10.2. The molecule has 1 aromatic carbocycles. The molecule has 1 aromatic rings. The van der Waals surface area contributed by atoms with E-state index in [4.69, 9.17) is 9.05 Å². The molecule has 0 unspecified atom stereocenters. The van der Waals surface area contributed by atoms with Crippen molar-refractivity contribution < 1.29 is 35.2 Å². The van der Waals surface area contributed by atoms with E-state index in [1.165, 1.54) is 42.9 Å². The fourth-order valence-electron chi connectivity index (χ4n) is 1.78. The van der Waals surface area contributed by atoms with Crippen LogP contribution in [-0.4, -0.2) is 39.7 Å². The first kappa shape index (κ1) is 22.6. The predicted octanol–water partition coefficient (Wildman–Crippen LogP) is 3.46. The van der Waals surface area contributed by atoms with E-state index in [1.807, 2.05) is 0 Å². The minimum atomic E-state index is -5.03. The minimum Gasteiger partial charge on any atom is -0.309 e. The Kier molecular flexibility index (Phi) is 7.82. The van der Waals surface area contributed by atoms with Crippen LogP contribution in [0.5, 0.6) is 0 Å². The van der Waals surface area contributed by atoms with Gasteiger partial charge in [0.2, 0.25) is 0 Å². The molecular weight excluding hydrogens is 396 g/mol. The third-order valence-electron chi connectivity index (χ3n) is 2.95. The summed E-state index contributed by atoms with van der Waals surface area (Å²) in [7, 11) is -8.44. The number of benzene rings is 1. The number of alkyl halides is 3. The number of halogens is 3. The highest BCUT2D eigenvalue weighted by atomic mass is 32.2. The van der Waals surface area contributed by atoms with Gasteiger partial charge in [-0.1, -0.05) is 17.7 Å². The van der Waals surface area contributed by atoms with E-state index in [0.717, 1.165) is 5.56 Å². The maximum absolute atomic E-state index is 13.2. The van der Waals surface area contributed by atoms with Gasteiger partial charge in [0.1, 0.15) is 0 Å². The van der Waals surface area contributed by atoms with Gasteiger partial charge >= 0.3 is 13.8 Å². The van der Waals surface area contributed by atoms with Crippen molar-refractivity contribution in [2.75, 3.05) is 19.4 Å². The second kappa shape index (κ2) is 8.98. The van der Waals surface area contributed by atoms with E-state index in [2.05, 4.69) is 5.10 Å². The Morgan fingerprint density at radius 2 is 1.65 bits per heavy atom. The van der Waals surface area contributed by atoms with E-state index >= 15 is 0 Å². The number of hydrogen-bond donors (Lipinski definition) is 1. The highest BCUT2D eigenvalue weighted by molar-refractivity contribution is 7.89. The topological polar surface area (TPSA) is 94.1 Å². The summed E-state index contributed by atoms with van der Waals surface area (Å²) in [6, 6.07) is 5.43. The van der Waals surface area contributed by atoms with Crippen LogP contribution in [0.25, 0.3) is 0 Å². The summed E-state index contributed by atoms with van der Waals surface area (Å²) >= 11 is 0. The lowest BCUT2D eigenvalue weighted by Crippen LogP contribution is -2.31. The molecule has 0 atom stereocenters. The summed E-state index contributed by atoms with van der Waals surface area (Å²) in [4.78, 5) is 1.26. The number of nitrogens with one attached hydrogen (secondary N) is 1. The molecule has 0 spiro atoms. The first-order valence-corrected chi connectivity index (χ1v) is 10.7. The molecular formula is C14H20F3N2O5PS. The smallest absolute Gasteiger partial charge is 0.309 e. The van der Waals surface area contributed by atoms with Crippen LogP contribution in [0.2, 0.25) is 0 Å². The number of aryl methyl sites for hydroxylation is 1.